The van der Waals surface area contributed by atoms with Crippen molar-refractivity contribution in [2.45, 2.75) is 51.0 Å². The molecule has 0 unspecified atom stereocenters. The number of hydrogen-bond donors (Lipinski definition) is 1. The second-order valence-corrected chi connectivity index (χ2v) is 7.12. The summed E-state index contributed by atoms with van der Waals surface area (Å²) in [5.41, 5.74) is 2.79. The molecule has 1 aliphatic carbocycles. The van der Waals surface area contributed by atoms with Gasteiger partial charge in [0.1, 0.15) is 0 Å². The summed E-state index contributed by atoms with van der Waals surface area (Å²) in [5.74, 6) is 0.533. The molecule has 24 heavy (non-hydrogen) atoms. The molecule has 0 radical (unpaired) electrons. The molecular formula is C19H26F2N2O. The van der Waals surface area contributed by atoms with Crippen LogP contribution in [0.15, 0.2) is 24.3 Å². The fourth-order valence-corrected chi connectivity index (χ4v) is 3.95. The number of carbonyl (C=O) groups excluding carboxylic acids is 1. The highest BCUT2D eigenvalue weighted by atomic mass is 19.3. The van der Waals surface area contributed by atoms with E-state index in [-0.39, 0.29) is 18.5 Å². The summed E-state index contributed by atoms with van der Waals surface area (Å²) < 4.78 is 24.8. The molecule has 1 aromatic rings. The smallest absolute Gasteiger partial charge is 0.251 e. The van der Waals surface area contributed by atoms with Crippen LogP contribution in [0.25, 0.3) is 0 Å². The second-order valence-electron chi connectivity index (χ2n) is 7.12. The van der Waals surface area contributed by atoms with E-state index in [1.54, 1.807) is 4.90 Å². The average molecular weight is 336 g/mol. The number of amides is 1. The first kappa shape index (κ1) is 17.3. The Hall–Kier alpha value is -1.49. The molecule has 0 bridgehead atoms. The normalized spacial score (nSPS) is 22.4. The molecule has 1 fully saturated rings. The van der Waals surface area contributed by atoms with Gasteiger partial charge < -0.3 is 5.32 Å². The summed E-state index contributed by atoms with van der Waals surface area (Å²) in [6.45, 7) is 1.14. The molecule has 0 spiro atoms. The van der Waals surface area contributed by atoms with Crippen LogP contribution in [0.3, 0.4) is 0 Å². The van der Waals surface area contributed by atoms with Gasteiger partial charge in [0.15, 0.2) is 0 Å². The number of carbonyl (C=O) groups is 1. The zero-order valence-corrected chi connectivity index (χ0v) is 14.0. The Bertz CT molecular complexity index is 556. The quantitative estimate of drug-likeness (QED) is 0.896. The van der Waals surface area contributed by atoms with E-state index in [2.05, 4.69) is 29.6 Å². The SMILES string of the molecule is O=C(C[C@@H]1CCc2ccccc2C1)NC1CCN(CC(F)F)CC1. The minimum absolute atomic E-state index is 0.117. The van der Waals surface area contributed by atoms with E-state index in [0.29, 0.717) is 25.4 Å². The van der Waals surface area contributed by atoms with E-state index < -0.39 is 6.43 Å². The van der Waals surface area contributed by atoms with Crippen molar-refractivity contribution in [3.05, 3.63) is 35.4 Å². The molecule has 3 nitrogen and oxygen atoms in total. The first-order valence-electron chi connectivity index (χ1n) is 8.97. The Morgan fingerprint density at radius 2 is 1.88 bits per heavy atom. The van der Waals surface area contributed by atoms with Crippen LogP contribution >= 0.6 is 0 Å². The summed E-state index contributed by atoms with van der Waals surface area (Å²) in [6, 6.07) is 8.62. The molecule has 5 heteroatoms. The first-order chi connectivity index (χ1) is 11.6. The van der Waals surface area contributed by atoms with Gasteiger partial charge in [-0.25, -0.2) is 8.78 Å². The molecule has 0 saturated carbocycles. The van der Waals surface area contributed by atoms with Gasteiger partial charge in [0, 0.05) is 25.6 Å². The average Bonchev–Trinajstić information content (AvgIpc) is 2.56. The number of alkyl halides is 2. The van der Waals surface area contributed by atoms with Crippen LogP contribution in [0.4, 0.5) is 8.78 Å². The van der Waals surface area contributed by atoms with Gasteiger partial charge >= 0.3 is 0 Å². The summed E-state index contributed by atoms with van der Waals surface area (Å²) >= 11 is 0. The molecule has 2 aliphatic rings. The molecule has 132 valence electrons. The zero-order chi connectivity index (χ0) is 16.9. The summed E-state index contributed by atoms with van der Waals surface area (Å²) in [6.07, 6.45) is 2.95. The van der Waals surface area contributed by atoms with Gasteiger partial charge in [-0.15, -0.1) is 0 Å². The van der Waals surface area contributed by atoms with E-state index in [1.165, 1.54) is 11.1 Å². The standard InChI is InChI=1S/C19H26F2N2O/c20-18(21)13-23-9-7-17(8-10-23)22-19(24)12-14-5-6-15-3-1-2-4-16(15)11-14/h1-4,14,17-18H,5-13H2,(H,22,24)/t14-/m1/s1. The number of hydrogen-bond acceptors (Lipinski definition) is 2. The van der Waals surface area contributed by atoms with Crippen LogP contribution < -0.4 is 5.32 Å². The number of benzene rings is 1. The minimum Gasteiger partial charge on any atom is -0.353 e. The maximum absolute atomic E-state index is 12.4. The number of likely N-dealkylation sites (tertiary alicyclic amines) is 1. The van der Waals surface area contributed by atoms with Crippen LogP contribution in [0.5, 0.6) is 0 Å². The maximum Gasteiger partial charge on any atom is 0.251 e. The fourth-order valence-electron chi connectivity index (χ4n) is 3.95. The summed E-state index contributed by atoms with van der Waals surface area (Å²) in [4.78, 5) is 14.1. The maximum atomic E-state index is 12.4. The van der Waals surface area contributed by atoms with Gasteiger partial charge in [-0.05, 0) is 49.1 Å². The predicted molar refractivity (Wildman–Crippen MR) is 90.2 cm³/mol. The van der Waals surface area contributed by atoms with Gasteiger partial charge in [-0.1, -0.05) is 24.3 Å². The molecule has 1 heterocycles. The summed E-state index contributed by atoms with van der Waals surface area (Å²) in [7, 11) is 0. The monoisotopic (exact) mass is 336 g/mol. The highest BCUT2D eigenvalue weighted by Crippen LogP contribution is 2.27. The lowest BCUT2D eigenvalue weighted by molar-refractivity contribution is -0.123. The molecule has 3 rings (SSSR count). The number of fused-ring (bicyclic) bond motifs is 1. The van der Waals surface area contributed by atoms with Gasteiger partial charge in [0.2, 0.25) is 5.91 Å². The van der Waals surface area contributed by atoms with Gasteiger partial charge in [0.25, 0.3) is 6.43 Å². The first-order valence-corrected chi connectivity index (χ1v) is 8.97. The number of nitrogens with zero attached hydrogens (tertiary/aromatic N) is 1. The number of aryl methyl sites for hydroxylation is 1. The Morgan fingerprint density at radius 1 is 1.17 bits per heavy atom. The highest BCUT2D eigenvalue weighted by molar-refractivity contribution is 5.76. The van der Waals surface area contributed by atoms with Gasteiger partial charge in [-0.3, -0.25) is 9.69 Å². The van der Waals surface area contributed by atoms with Crippen LogP contribution in [0.1, 0.15) is 36.8 Å². The Balaban J connectivity index is 1.41. The van der Waals surface area contributed by atoms with Crippen molar-refractivity contribution >= 4 is 5.91 Å². The number of piperidine rings is 1. The zero-order valence-electron chi connectivity index (χ0n) is 14.0. The van der Waals surface area contributed by atoms with Crippen molar-refractivity contribution in [2.75, 3.05) is 19.6 Å². The van der Waals surface area contributed by atoms with Crippen LogP contribution in [0.2, 0.25) is 0 Å². The van der Waals surface area contributed by atoms with Crippen molar-refractivity contribution in [3.8, 4) is 0 Å². The van der Waals surface area contributed by atoms with Crippen LogP contribution in [-0.2, 0) is 17.6 Å². The third-order valence-corrected chi connectivity index (χ3v) is 5.27. The fraction of sp³-hybridized carbons (Fsp3) is 0.632. The van der Waals surface area contributed by atoms with Gasteiger partial charge in [-0.2, -0.15) is 0 Å². The largest absolute Gasteiger partial charge is 0.353 e. The van der Waals surface area contributed by atoms with Crippen molar-refractivity contribution in [2.24, 2.45) is 5.92 Å². The van der Waals surface area contributed by atoms with Crippen molar-refractivity contribution in [1.29, 1.82) is 0 Å². The molecule has 1 aromatic carbocycles. The molecule has 0 aromatic heterocycles. The van der Waals surface area contributed by atoms with E-state index in [9.17, 15) is 13.6 Å². The lowest BCUT2D eigenvalue weighted by atomic mass is 9.82. The summed E-state index contributed by atoms with van der Waals surface area (Å²) in [5, 5.41) is 3.11. The number of nitrogens with one attached hydrogen (secondary N) is 1. The predicted octanol–water partition coefficient (Wildman–Crippen LogP) is 3.03. The molecule has 1 amide bonds. The Kier molecular flexibility index (Phi) is 5.82. The number of rotatable bonds is 5. The third-order valence-electron chi connectivity index (χ3n) is 5.27. The lowest BCUT2D eigenvalue weighted by Gasteiger charge is -2.32. The van der Waals surface area contributed by atoms with Crippen molar-refractivity contribution in [3.63, 3.8) is 0 Å². The van der Waals surface area contributed by atoms with E-state index in [4.69, 9.17) is 0 Å². The van der Waals surface area contributed by atoms with Crippen molar-refractivity contribution in [1.82, 2.24) is 10.2 Å². The Labute approximate surface area is 142 Å². The topological polar surface area (TPSA) is 32.3 Å². The Morgan fingerprint density at radius 3 is 2.58 bits per heavy atom. The van der Waals surface area contributed by atoms with E-state index in [0.717, 1.165) is 32.1 Å². The molecule has 1 saturated heterocycles. The van der Waals surface area contributed by atoms with E-state index >= 15 is 0 Å². The molecular weight excluding hydrogens is 310 g/mol. The second kappa shape index (κ2) is 8.06. The number of halogens is 2. The molecule has 1 aliphatic heterocycles. The van der Waals surface area contributed by atoms with Crippen LogP contribution in [-0.4, -0.2) is 42.9 Å². The van der Waals surface area contributed by atoms with Gasteiger partial charge in [0.05, 0.1) is 6.54 Å². The molecule has 1 N–H and O–H groups in total. The lowest BCUT2D eigenvalue weighted by Crippen LogP contribution is -2.46. The molecule has 1 atom stereocenters. The third kappa shape index (κ3) is 4.76. The minimum atomic E-state index is -2.27. The van der Waals surface area contributed by atoms with Crippen molar-refractivity contribution < 1.29 is 13.6 Å². The van der Waals surface area contributed by atoms with Crippen LogP contribution in [0, 0.1) is 5.92 Å². The van der Waals surface area contributed by atoms with E-state index in [1.807, 2.05) is 0 Å². The highest BCUT2D eigenvalue weighted by Gasteiger charge is 2.25.